The third-order valence-corrected chi connectivity index (χ3v) is 4.06. The Kier molecular flexibility index (Phi) is 6.74. The van der Waals surface area contributed by atoms with Crippen LogP contribution in [0.5, 0.6) is 0 Å². The monoisotopic (exact) mass is 294 g/mol. The van der Waals surface area contributed by atoms with Gasteiger partial charge in [-0.2, -0.15) is 0 Å². The van der Waals surface area contributed by atoms with Crippen LogP contribution in [0.4, 0.5) is 0 Å². The molecule has 1 saturated heterocycles. The third-order valence-electron chi connectivity index (χ3n) is 4.06. The maximum atomic E-state index is 5.86. The normalized spacial score (nSPS) is 20.0. The number of aryl methyl sites for hydroxylation is 1. The zero-order valence-electron chi connectivity index (χ0n) is 13.8. The van der Waals surface area contributed by atoms with Crippen LogP contribution >= 0.6 is 0 Å². The van der Waals surface area contributed by atoms with Crippen molar-refractivity contribution >= 4 is 0 Å². The zero-order valence-corrected chi connectivity index (χ0v) is 13.8. The van der Waals surface area contributed by atoms with E-state index in [1.165, 1.54) is 18.4 Å². The van der Waals surface area contributed by atoms with Gasteiger partial charge >= 0.3 is 0 Å². The Bertz CT molecular complexity index is 415. The van der Waals surface area contributed by atoms with Gasteiger partial charge in [-0.25, -0.2) is 0 Å². The first kappa shape index (κ1) is 16.5. The fraction of sp³-hybridized carbons (Fsp3) is 0.765. The number of furan rings is 1. The molecule has 4 heteroatoms. The van der Waals surface area contributed by atoms with E-state index in [4.69, 9.17) is 9.15 Å². The van der Waals surface area contributed by atoms with Crippen LogP contribution in [0.25, 0.3) is 0 Å². The molecule has 0 aliphatic carbocycles. The quantitative estimate of drug-likeness (QED) is 0.748. The van der Waals surface area contributed by atoms with Crippen molar-refractivity contribution < 1.29 is 9.15 Å². The maximum absolute atomic E-state index is 5.86. The van der Waals surface area contributed by atoms with Crippen LogP contribution in [-0.2, 0) is 17.8 Å². The molecule has 1 aromatic rings. The van der Waals surface area contributed by atoms with Crippen LogP contribution in [0.2, 0.25) is 0 Å². The van der Waals surface area contributed by atoms with Crippen molar-refractivity contribution in [3.05, 3.63) is 23.2 Å². The molecule has 0 bridgehead atoms. The predicted octanol–water partition coefficient (Wildman–Crippen LogP) is 3.09. The molecule has 1 aliphatic heterocycles. The SMILES string of the molecule is CCCNCc1cc(CN2CCCC(OCC)C2)c(C)o1. The highest BCUT2D eigenvalue weighted by atomic mass is 16.5. The van der Waals surface area contributed by atoms with E-state index in [1.807, 2.05) is 0 Å². The first-order valence-electron chi connectivity index (χ1n) is 8.35. The van der Waals surface area contributed by atoms with Gasteiger partial charge in [0.05, 0.1) is 12.6 Å². The number of nitrogens with zero attached hydrogens (tertiary/aromatic N) is 1. The van der Waals surface area contributed by atoms with Gasteiger partial charge in [0.2, 0.25) is 0 Å². The van der Waals surface area contributed by atoms with Crippen LogP contribution in [-0.4, -0.2) is 37.2 Å². The largest absolute Gasteiger partial charge is 0.465 e. The Balaban J connectivity index is 1.86. The number of rotatable bonds is 8. The number of hydrogen-bond donors (Lipinski definition) is 1. The molecule has 1 aliphatic rings. The lowest BCUT2D eigenvalue weighted by atomic mass is 10.1. The molecule has 21 heavy (non-hydrogen) atoms. The van der Waals surface area contributed by atoms with Crippen LogP contribution in [0.1, 0.15) is 50.2 Å². The summed E-state index contributed by atoms with van der Waals surface area (Å²) in [5, 5.41) is 3.39. The van der Waals surface area contributed by atoms with E-state index in [2.05, 4.69) is 37.1 Å². The highest BCUT2D eigenvalue weighted by molar-refractivity contribution is 5.20. The first-order valence-corrected chi connectivity index (χ1v) is 8.35. The summed E-state index contributed by atoms with van der Waals surface area (Å²) >= 11 is 0. The molecule has 4 nitrogen and oxygen atoms in total. The Labute approximate surface area is 128 Å². The number of ether oxygens (including phenoxy) is 1. The Morgan fingerprint density at radius 2 is 2.29 bits per heavy atom. The van der Waals surface area contributed by atoms with Crippen molar-refractivity contribution in [3.8, 4) is 0 Å². The fourth-order valence-electron chi connectivity index (χ4n) is 2.99. The van der Waals surface area contributed by atoms with Gasteiger partial charge in [0, 0.05) is 25.3 Å². The predicted molar refractivity (Wildman–Crippen MR) is 85.4 cm³/mol. The summed E-state index contributed by atoms with van der Waals surface area (Å²) in [6.07, 6.45) is 3.98. The second-order valence-electron chi connectivity index (χ2n) is 5.93. The second-order valence-corrected chi connectivity index (χ2v) is 5.93. The Morgan fingerprint density at radius 3 is 3.05 bits per heavy atom. The summed E-state index contributed by atoms with van der Waals surface area (Å²) in [4.78, 5) is 2.49. The van der Waals surface area contributed by atoms with Gasteiger partial charge in [-0.1, -0.05) is 6.92 Å². The molecule has 0 saturated carbocycles. The molecule has 1 unspecified atom stereocenters. The average Bonchev–Trinajstić information content (AvgIpc) is 2.80. The highest BCUT2D eigenvalue weighted by Gasteiger charge is 2.21. The van der Waals surface area contributed by atoms with E-state index < -0.39 is 0 Å². The van der Waals surface area contributed by atoms with Crippen LogP contribution in [0, 0.1) is 6.92 Å². The minimum absolute atomic E-state index is 0.404. The van der Waals surface area contributed by atoms with Gasteiger partial charge in [-0.15, -0.1) is 0 Å². The highest BCUT2D eigenvalue weighted by Crippen LogP contribution is 2.20. The van der Waals surface area contributed by atoms with Gasteiger partial charge < -0.3 is 14.5 Å². The lowest BCUT2D eigenvalue weighted by Crippen LogP contribution is -2.39. The molecule has 0 amide bonds. The number of piperidine rings is 1. The Morgan fingerprint density at radius 1 is 1.43 bits per heavy atom. The number of nitrogens with one attached hydrogen (secondary N) is 1. The van der Waals surface area contributed by atoms with Crippen LogP contribution < -0.4 is 5.32 Å². The molecule has 1 fully saturated rings. The summed E-state index contributed by atoms with van der Waals surface area (Å²) in [6.45, 7) is 12.2. The number of likely N-dealkylation sites (tertiary alicyclic amines) is 1. The van der Waals surface area contributed by atoms with Crippen molar-refractivity contribution in [2.75, 3.05) is 26.2 Å². The fourth-order valence-corrected chi connectivity index (χ4v) is 2.99. The van der Waals surface area contributed by atoms with Gasteiger partial charge in [0.1, 0.15) is 11.5 Å². The van der Waals surface area contributed by atoms with E-state index in [0.717, 1.165) is 57.3 Å². The molecule has 2 rings (SSSR count). The zero-order chi connectivity index (χ0) is 15.1. The van der Waals surface area contributed by atoms with Crippen molar-refractivity contribution in [1.29, 1.82) is 0 Å². The Hall–Kier alpha value is -0.840. The van der Waals surface area contributed by atoms with Crippen LogP contribution in [0.3, 0.4) is 0 Å². The van der Waals surface area contributed by atoms with Crippen molar-refractivity contribution in [2.24, 2.45) is 0 Å². The van der Waals surface area contributed by atoms with E-state index in [0.29, 0.717) is 6.10 Å². The van der Waals surface area contributed by atoms with Gasteiger partial charge in [-0.05, 0) is 52.3 Å². The molecular formula is C17H30N2O2. The second kappa shape index (κ2) is 8.57. The third kappa shape index (κ3) is 5.13. The molecule has 1 atom stereocenters. The average molecular weight is 294 g/mol. The maximum Gasteiger partial charge on any atom is 0.118 e. The van der Waals surface area contributed by atoms with E-state index in [1.54, 1.807) is 0 Å². The molecular weight excluding hydrogens is 264 g/mol. The topological polar surface area (TPSA) is 37.6 Å². The van der Waals surface area contributed by atoms with Gasteiger partial charge in [0.25, 0.3) is 0 Å². The number of hydrogen-bond acceptors (Lipinski definition) is 4. The molecule has 0 spiro atoms. The molecule has 2 heterocycles. The summed E-state index contributed by atoms with van der Waals surface area (Å²) in [7, 11) is 0. The van der Waals surface area contributed by atoms with Crippen molar-refractivity contribution in [1.82, 2.24) is 10.2 Å². The summed E-state index contributed by atoms with van der Waals surface area (Å²) in [6, 6.07) is 2.21. The molecule has 0 radical (unpaired) electrons. The molecule has 120 valence electrons. The molecule has 0 aromatic carbocycles. The summed E-state index contributed by atoms with van der Waals surface area (Å²) in [5.41, 5.74) is 1.32. The molecule has 1 aromatic heterocycles. The molecule has 1 N–H and O–H groups in total. The van der Waals surface area contributed by atoms with Gasteiger partial charge in [-0.3, -0.25) is 4.90 Å². The summed E-state index contributed by atoms with van der Waals surface area (Å²) < 4.78 is 11.6. The first-order chi connectivity index (χ1) is 10.2. The van der Waals surface area contributed by atoms with E-state index >= 15 is 0 Å². The van der Waals surface area contributed by atoms with Crippen molar-refractivity contribution in [2.45, 2.75) is 59.2 Å². The van der Waals surface area contributed by atoms with E-state index in [9.17, 15) is 0 Å². The van der Waals surface area contributed by atoms with Gasteiger partial charge in [0.15, 0.2) is 0 Å². The van der Waals surface area contributed by atoms with Crippen LogP contribution in [0.15, 0.2) is 10.5 Å². The standard InChI is InChI=1S/C17H30N2O2/c1-4-8-18-11-17-10-15(14(3)21-17)12-19-9-6-7-16(13-19)20-5-2/h10,16,18H,4-9,11-13H2,1-3H3. The minimum Gasteiger partial charge on any atom is -0.465 e. The lowest BCUT2D eigenvalue weighted by Gasteiger charge is -2.32. The lowest BCUT2D eigenvalue weighted by molar-refractivity contribution is 0.00352. The van der Waals surface area contributed by atoms with Crippen molar-refractivity contribution in [3.63, 3.8) is 0 Å². The smallest absolute Gasteiger partial charge is 0.118 e. The van der Waals surface area contributed by atoms with E-state index in [-0.39, 0.29) is 0 Å². The summed E-state index contributed by atoms with van der Waals surface area (Å²) in [5.74, 6) is 2.11. The minimum atomic E-state index is 0.404.